The molecule has 5 atom stereocenters. The zero-order valence-corrected chi connectivity index (χ0v) is 23.6. The molecule has 0 heterocycles. The monoisotopic (exact) mass is 573 g/mol. The Kier molecular flexibility index (Phi) is 7.41. The highest BCUT2D eigenvalue weighted by Crippen LogP contribution is 2.54. The molecule has 0 radical (unpaired) electrons. The van der Waals surface area contributed by atoms with E-state index in [0.29, 0.717) is 11.3 Å². The predicted molar refractivity (Wildman–Crippen MR) is 147 cm³/mol. The Labute approximate surface area is 235 Å². The lowest BCUT2D eigenvalue weighted by Gasteiger charge is -2.52. The van der Waals surface area contributed by atoms with Gasteiger partial charge in [0.05, 0.1) is 35.9 Å². The first-order valence-electron chi connectivity index (χ1n) is 12.8. The van der Waals surface area contributed by atoms with Crippen molar-refractivity contribution in [1.29, 1.82) is 0 Å². The van der Waals surface area contributed by atoms with Gasteiger partial charge >= 0.3 is 0 Å². The Bertz CT molecular complexity index is 1430. The fourth-order valence-corrected chi connectivity index (χ4v) is 6.28. The number of nitrogens with two attached hydrogens (primary N) is 1. The highest BCUT2D eigenvalue weighted by atomic mass is 16.4. The number of aliphatic hydroxyl groups is 4. The standard InChI is InChI=1S/C27H35N5O9/c1-30(2)9-14(33)29-12-8-13(31(3)4)10-7-11-16(22(36)15(10)21(12)35)24(38)27(41)18(20(11)34)19(32(5)6)23(37)17(25(27)39)26(28)40/h8,11,18-20,34-36,39,41H,7,9H2,1-6H3,(H2,28,40)(H,29,33)/t11?,18?,19-,20-,27-/m0/s1. The zero-order valence-electron chi connectivity index (χ0n) is 23.6. The summed E-state index contributed by atoms with van der Waals surface area (Å²) in [5.41, 5.74) is 1.35. The largest absolute Gasteiger partial charge is 0.508 e. The van der Waals surface area contributed by atoms with Crippen molar-refractivity contribution < 1.29 is 44.7 Å². The second-order valence-corrected chi connectivity index (χ2v) is 11.4. The molecule has 2 unspecified atom stereocenters. The number of nitrogens with zero attached hydrogens (tertiary/aromatic N) is 3. The average Bonchev–Trinajstić information content (AvgIpc) is 2.84. The van der Waals surface area contributed by atoms with Crippen molar-refractivity contribution in [2.75, 3.05) is 59.0 Å². The lowest BCUT2D eigenvalue weighted by molar-refractivity contribution is -0.168. The van der Waals surface area contributed by atoms with Crippen LogP contribution in [0.5, 0.6) is 5.75 Å². The number of likely N-dealkylation sites (N-methyl/N-ethyl adjacent to an activating group) is 2. The number of aliphatic hydroxyl groups excluding tert-OH is 3. The van der Waals surface area contributed by atoms with Gasteiger partial charge < -0.3 is 46.4 Å². The summed E-state index contributed by atoms with van der Waals surface area (Å²) in [6.45, 7) is -0.0123. The van der Waals surface area contributed by atoms with Gasteiger partial charge in [0.15, 0.2) is 11.4 Å². The number of aromatic hydroxyl groups is 1. The van der Waals surface area contributed by atoms with Crippen LogP contribution in [0.1, 0.15) is 11.1 Å². The number of ketones is 2. The Balaban J connectivity index is 1.99. The molecule has 0 bridgehead atoms. The number of fused-ring (bicyclic) bond motifs is 3. The van der Waals surface area contributed by atoms with Crippen molar-refractivity contribution in [3.05, 3.63) is 34.1 Å². The van der Waals surface area contributed by atoms with E-state index in [1.54, 1.807) is 38.0 Å². The van der Waals surface area contributed by atoms with Crippen LogP contribution in [-0.4, -0.2) is 125 Å². The number of hydrogen-bond donors (Lipinski definition) is 7. The number of hydrogen-bond acceptors (Lipinski definition) is 12. The second kappa shape index (κ2) is 10.1. The molecule has 2 amide bonds. The van der Waals surface area contributed by atoms with E-state index in [9.17, 15) is 44.7 Å². The molecule has 8 N–H and O–H groups in total. The van der Waals surface area contributed by atoms with Gasteiger partial charge in [-0.3, -0.25) is 24.1 Å². The molecule has 0 aliphatic heterocycles. The third kappa shape index (κ3) is 4.34. The highest BCUT2D eigenvalue weighted by molar-refractivity contribution is 6.24. The number of phenolic OH excluding ortho intramolecular Hbond substituents is 1. The van der Waals surface area contributed by atoms with E-state index in [-0.39, 0.29) is 24.2 Å². The van der Waals surface area contributed by atoms with E-state index in [1.807, 2.05) is 0 Å². The molecule has 222 valence electrons. The molecule has 4 rings (SSSR count). The first-order valence-corrected chi connectivity index (χ1v) is 12.8. The first-order chi connectivity index (χ1) is 19.0. The van der Waals surface area contributed by atoms with Crippen molar-refractivity contribution in [1.82, 2.24) is 9.80 Å². The van der Waals surface area contributed by atoms with E-state index in [2.05, 4.69) is 5.32 Å². The second-order valence-electron chi connectivity index (χ2n) is 11.4. The van der Waals surface area contributed by atoms with Gasteiger partial charge in [0, 0.05) is 31.3 Å². The van der Waals surface area contributed by atoms with Gasteiger partial charge in [0.1, 0.15) is 22.8 Å². The SMILES string of the molecule is CN(C)CC(=O)Nc1cc(N(C)C)c2c(c1O)C(O)=C1C(=O)[C@]3(O)C(O)=C(C(N)=O)C(=O)[C@@H](N(C)C)C3[C@@H](O)C1C2. The molecule has 14 nitrogen and oxygen atoms in total. The van der Waals surface area contributed by atoms with Gasteiger partial charge in [0.2, 0.25) is 11.7 Å². The van der Waals surface area contributed by atoms with E-state index < -0.39 is 81.4 Å². The fourth-order valence-electron chi connectivity index (χ4n) is 6.28. The van der Waals surface area contributed by atoms with Gasteiger partial charge in [-0.15, -0.1) is 0 Å². The molecule has 1 aromatic rings. The molecule has 1 fully saturated rings. The minimum absolute atomic E-state index is 0.0123. The number of Topliss-reactive ketones (excluding diaryl/α,β-unsaturated/α-hetero) is 2. The van der Waals surface area contributed by atoms with Crippen LogP contribution in [0.2, 0.25) is 0 Å². The Morgan fingerprint density at radius 1 is 1.10 bits per heavy atom. The maximum absolute atomic E-state index is 14.0. The minimum Gasteiger partial charge on any atom is -0.508 e. The number of amides is 2. The number of carbonyl (C=O) groups is 4. The van der Waals surface area contributed by atoms with Crippen LogP contribution in [0.3, 0.4) is 0 Å². The van der Waals surface area contributed by atoms with Crippen LogP contribution in [0.4, 0.5) is 11.4 Å². The van der Waals surface area contributed by atoms with Crippen molar-refractivity contribution >= 4 is 40.5 Å². The molecule has 0 aromatic heterocycles. The molecule has 0 spiro atoms. The van der Waals surface area contributed by atoms with Gasteiger partial charge in [0.25, 0.3) is 5.91 Å². The van der Waals surface area contributed by atoms with Gasteiger partial charge in [-0.05, 0) is 46.2 Å². The van der Waals surface area contributed by atoms with Crippen molar-refractivity contribution in [3.63, 3.8) is 0 Å². The lowest BCUT2D eigenvalue weighted by atomic mass is 9.56. The molecule has 1 saturated carbocycles. The molecule has 3 aliphatic carbocycles. The summed E-state index contributed by atoms with van der Waals surface area (Å²) < 4.78 is 0. The third-order valence-corrected chi connectivity index (χ3v) is 8.00. The van der Waals surface area contributed by atoms with Crippen LogP contribution < -0.4 is 16.0 Å². The van der Waals surface area contributed by atoms with Gasteiger partial charge in [-0.1, -0.05) is 0 Å². The van der Waals surface area contributed by atoms with Gasteiger partial charge in [-0.2, -0.15) is 0 Å². The quantitative estimate of drug-likeness (QED) is 0.153. The molecule has 0 saturated heterocycles. The number of rotatable bonds is 6. The van der Waals surface area contributed by atoms with Crippen molar-refractivity contribution in [2.45, 2.75) is 24.2 Å². The lowest BCUT2D eigenvalue weighted by Crippen LogP contribution is -2.70. The Hall–Kier alpha value is -3.98. The molecule has 41 heavy (non-hydrogen) atoms. The number of benzene rings is 1. The van der Waals surface area contributed by atoms with E-state index >= 15 is 0 Å². The van der Waals surface area contributed by atoms with Crippen LogP contribution in [-0.2, 0) is 25.6 Å². The summed E-state index contributed by atoms with van der Waals surface area (Å²) in [7, 11) is 9.61. The number of primary amides is 1. The Morgan fingerprint density at radius 3 is 2.22 bits per heavy atom. The summed E-state index contributed by atoms with van der Waals surface area (Å²) >= 11 is 0. The third-order valence-electron chi connectivity index (χ3n) is 8.00. The highest BCUT2D eigenvalue weighted by Gasteiger charge is 2.67. The zero-order chi connectivity index (χ0) is 30.9. The minimum atomic E-state index is -3.00. The molecule has 14 heteroatoms. The van der Waals surface area contributed by atoms with E-state index in [4.69, 9.17) is 5.73 Å². The maximum Gasteiger partial charge on any atom is 0.255 e. The van der Waals surface area contributed by atoms with Crippen molar-refractivity contribution in [2.24, 2.45) is 17.6 Å². The number of phenols is 1. The molecular formula is C27H35N5O9. The number of carbonyl (C=O) groups excluding carboxylic acids is 4. The van der Waals surface area contributed by atoms with Crippen molar-refractivity contribution in [3.8, 4) is 5.75 Å². The van der Waals surface area contributed by atoms with Crippen LogP contribution in [0.25, 0.3) is 5.76 Å². The van der Waals surface area contributed by atoms with E-state index in [1.165, 1.54) is 25.1 Å². The maximum atomic E-state index is 14.0. The van der Waals surface area contributed by atoms with Crippen LogP contribution in [0, 0.1) is 11.8 Å². The smallest absolute Gasteiger partial charge is 0.255 e. The normalized spacial score (nSPS) is 27.6. The van der Waals surface area contributed by atoms with Gasteiger partial charge in [-0.25, -0.2) is 0 Å². The molecule has 1 aromatic carbocycles. The summed E-state index contributed by atoms with van der Waals surface area (Å²) in [4.78, 5) is 56.5. The Morgan fingerprint density at radius 2 is 1.71 bits per heavy atom. The average molecular weight is 574 g/mol. The van der Waals surface area contributed by atoms with Crippen LogP contribution in [0.15, 0.2) is 23.0 Å². The number of nitrogens with one attached hydrogen (secondary N) is 1. The summed E-state index contributed by atoms with van der Waals surface area (Å²) in [5.74, 6) is -9.54. The molecular weight excluding hydrogens is 538 g/mol. The van der Waals surface area contributed by atoms with E-state index in [0.717, 1.165) is 0 Å². The summed E-state index contributed by atoms with van der Waals surface area (Å²) in [6, 6.07) is 0.0619. The van der Waals surface area contributed by atoms with Crippen LogP contribution >= 0.6 is 0 Å². The fraction of sp³-hybridized carbons (Fsp3) is 0.481. The first kappa shape index (κ1) is 30.0. The summed E-state index contributed by atoms with van der Waals surface area (Å²) in [6.07, 6.45) is -1.81. The topological polar surface area (TPSA) is 217 Å². The number of anilines is 2. The summed E-state index contributed by atoms with van der Waals surface area (Å²) in [5, 5.41) is 59.6. The molecule has 3 aliphatic rings. The predicted octanol–water partition coefficient (Wildman–Crippen LogP) is -1.50.